The number of carboxylic acids is 1. The van der Waals surface area contributed by atoms with Crippen LogP contribution in [0.3, 0.4) is 0 Å². The molecule has 2 aromatic heterocycles. The summed E-state index contributed by atoms with van der Waals surface area (Å²) in [5.41, 5.74) is 3.84. The minimum Gasteiger partial charge on any atom is -0.478 e. The van der Waals surface area contributed by atoms with Crippen molar-refractivity contribution in [3.8, 4) is 0 Å². The normalized spacial score (nSPS) is 14.9. The van der Waals surface area contributed by atoms with E-state index in [1.807, 2.05) is 30.3 Å². The van der Waals surface area contributed by atoms with Crippen molar-refractivity contribution in [3.05, 3.63) is 81.4 Å². The highest BCUT2D eigenvalue weighted by Crippen LogP contribution is 2.30. The summed E-state index contributed by atoms with van der Waals surface area (Å²) in [5, 5.41) is 9.09. The van der Waals surface area contributed by atoms with Gasteiger partial charge in [0.15, 0.2) is 0 Å². The second-order valence-corrected chi connectivity index (χ2v) is 5.78. The number of rotatable bonds is 2. The summed E-state index contributed by atoms with van der Waals surface area (Å²) in [6.07, 6.45) is 4.78. The lowest BCUT2D eigenvalue weighted by Gasteiger charge is -2.06. The molecule has 0 aliphatic heterocycles. The van der Waals surface area contributed by atoms with E-state index in [1.54, 1.807) is 6.07 Å². The number of fused-ring (bicyclic) bond motifs is 2. The van der Waals surface area contributed by atoms with E-state index in [0.717, 1.165) is 23.3 Å². The van der Waals surface area contributed by atoms with Gasteiger partial charge in [0.25, 0.3) is 5.56 Å². The Morgan fingerprint density at radius 1 is 1.12 bits per heavy atom. The molecule has 1 aliphatic carbocycles. The van der Waals surface area contributed by atoms with Crippen molar-refractivity contribution >= 4 is 23.3 Å². The Balaban J connectivity index is 1.90. The van der Waals surface area contributed by atoms with Gasteiger partial charge in [-0.05, 0) is 42.2 Å². The van der Waals surface area contributed by atoms with Crippen LogP contribution < -0.4 is 5.56 Å². The third-order valence-corrected chi connectivity index (χ3v) is 4.25. The summed E-state index contributed by atoms with van der Waals surface area (Å²) in [6, 6.07) is 13.0. The monoisotopic (exact) mass is 318 g/mol. The molecule has 0 amide bonds. The number of aromatic carboxylic acids is 1. The molecule has 0 radical (unpaired) electrons. The summed E-state index contributed by atoms with van der Waals surface area (Å²) in [5.74, 6) is -1.06. The lowest BCUT2D eigenvalue weighted by Crippen LogP contribution is -2.20. The molecule has 24 heavy (non-hydrogen) atoms. The molecular weight excluding hydrogens is 304 g/mol. The number of carboxylic acid groups (broad SMARTS) is 1. The van der Waals surface area contributed by atoms with Crippen molar-refractivity contribution in [2.24, 2.45) is 0 Å². The van der Waals surface area contributed by atoms with Crippen molar-refractivity contribution < 1.29 is 9.90 Å². The third-order valence-electron chi connectivity index (χ3n) is 4.25. The van der Waals surface area contributed by atoms with Gasteiger partial charge >= 0.3 is 5.97 Å². The number of aromatic nitrogens is 2. The molecule has 0 unspecified atom stereocenters. The topological polar surface area (TPSA) is 71.7 Å². The summed E-state index contributed by atoms with van der Waals surface area (Å²) in [7, 11) is 0. The first-order valence-electron chi connectivity index (χ1n) is 7.68. The highest BCUT2D eigenvalue weighted by molar-refractivity contribution is 5.88. The molecule has 0 fully saturated rings. The van der Waals surface area contributed by atoms with Crippen molar-refractivity contribution in [1.82, 2.24) is 9.38 Å². The van der Waals surface area contributed by atoms with E-state index < -0.39 is 5.97 Å². The van der Waals surface area contributed by atoms with Crippen molar-refractivity contribution in [2.45, 2.75) is 12.8 Å². The van der Waals surface area contributed by atoms with E-state index in [1.165, 1.54) is 16.7 Å². The van der Waals surface area contributed by atoms with Crippen molar-refractivity contribution in [1.29, 1.82) is 0 Å². The van der Waals surface area contributed by atoms with Crippen LogP contribution in [-0.2, 0) is 6.42 Å². The molecule has 0 saturated carbocycles. The molecule has 0 bridgehead atoms. The molecule has 5 nitrogen and oxygen atoms in total. The van der Waals surface area contributed by atoms with Gasteiger partial charge < -0.3 is 5.11 Å². The average Bonchev–Trinajstić information content (AvgIpc) is 2.99. The van der Waals surface area contributed by atoms with Gasteiger partial charge in [-0.15, -0.1) is 0 Å². The molecule has 1 aliphatic rings. The van der Waals surface area contributed by atoms with Crippen LogP contribution in [-0.4, -0.2) is 20.5 Å². The second kappa shape index (κ2) is 5.45. The standard InChI is InChI=1S/C19H14N2O3/c22-18-15-8-6-13(10-12-4-2-1-3-5-12)17(15)20-16-9-7-14(19(23)24)11-21(16)18/h1-5,7,9-11H,6,8H2,(H,23,24). The van der Waals surface area contributed by atoms with Crippen molar-refractivity contribution in [3.63, 3.8) is 0 Å². The lowest BCUT2D eigenvalue weighted by atomic mass is 10.1. The molecular formula is C19H14N2O3. The van der Waals surface area contributed by atoms with Crippen LogP contribution in [0.25, 0.3) is 17.3 Å². The fourth-order valence-corrected chi connectivity index (χ4v) is 3.06. The molecule has 1 aromatic carbocycles. The molecule has 4 rings (SSSR count). The largest absolute Gasteiger partial charge is 0.478 e. The van der Waals surface area contributed by atoms with Gasteiger partial charge in [0.1, 0.15) is 5.65 Å². The Morgan fingerprint density at radius 2 is 1.92 bits per heavy atom. The molecule has 0 spiro atoms. The van der Waals surface area contributed by atoms with Crippen LogP contribution in [0.4, 0.5) is 0 Å². The summed E-state index contributed by atoms with van der Waals surface area (Å²) in [6.45, 7) is 0. The fraction of sp³-hybridized carbons (Fsp3) is 0.105. The molecule has 3 aromatic rings. The van der Waals surface area contributed by atoms with E-state index in [-0.39, 0.29) is 11.1 Å². The van der Waals surface area contributed by atoms with E-state index in [0.29, 0.717) is 17.6 Å². The summed E-state index contributed by atoms with van der Waals surface area (Å²) < 4.78 is 1.33. The van der Waals surface area contributed by atoms with Gasteiger partial charge in [-0.3, -0.25) is 9.20 Å². The predicted octanol–water partition coefficient (Wildman–Crippen LogP) is 2.88. The fourth-order valence-electron chi connectivity index (χ4n) is 3.06. The van der Waals surface area contributed by atoms with Crippen LogP contribution in [0, 0.1) is 0 Å². The van der Waals surface area contributed by atoms with Crippen molar-refractivity contribution in [2.75, 3.05) is 0 Å². The van der Waals surface area contributed by atoms with Gasteiger partial charge in [0.05, 0.1) is 11.3 Å². The van der Waals surface area contributed by atoms with Crippen LogP contribution in [0.15, 0.2) is 53.5 Å². The molecule has 2 heterocycles. The van der Waals surface area contributed by atoms with Crippen LogP contribution >= 0.6 is 0 Å². The zero-order chi connectivity index (χ0) is 16.7. The summed E-state index contributed by atoms with van der Waals surface area (Å²) in [4.78, 5) is 28.4. The van der Waals surface area contributed by atoms with E-state index in [4.69, 9.17) is 5.11 Å². The molecule has 0 atom stereocenters. The number of carbonyl (C=O) groups is 1. The van der Waals surface area contributed by atoms with Crippen LogP contribution in [0.2, 0.25) is 0 Å². The number of benzene rings is 1. The SMILES string of the molecule is O=C(O)c1ccc2nc3c(c(=O)n2c1)CCC3=Cc1ccccc1. The Bertz CT molecular complexity index is 1050. The number of hydrogen-bond donors (Lipinski definition) is 1. The number of allylic oxidation sites excluding steroid dienone is 1. The zero-order valence-electron chi connectivity index (χ0n) is 12.8. The Labute approximate surface area is 137 Å². The average molecular weight is 318 g/mol. The second-order valence-electron chi connectivity index (χ2n) is 5.78. The zero-order valence-corrected chi connectivity index (χ0v) is 12.8. The Morgan fingerprint density at radius 3 is 2.67 bits per heavy atom. The van der Waals surface area contributed by atoms with Gasteiger partial charge in [-0.1, -0.05) is 30.3 Å². The quantitative estimate of drug-likeness (QED) is 0.788. The maximum atomic E-state index is 12.7. The highest BCUT2D eigenvalue weighted by Gasteiger charge is 2.23. The van der Waals surface area contributed by atoms with Gasteiger partial charge in [-0.2, -0.15) is 0 Å². The minimum absolute atomic E-state index is 0.0735. The van der Waals surface area contributed by atoms with Gasteiger partial charge in [0.2, 0.25) is 0 Å². The van der Waals surface area contributed by atoms with Gasteiger partial charge in [-0.25, -0.2) is 9.78 Å². The molecule has 1 N–H and O–H groups in total. The first-order chi connectivity index (χ1) is 11.6. The number of nitrogens with zero attached hydrogens (tertiary/aromatic N) is 2. The van der Waals surface area contributed by atoms with E-state index in [9.17, 15) is 9.59 Å². The molecule has 118 valence electrons. The number of pyridine rings is 1. The first-order valence-corrected chi connectivity index (χ1v) is 7.68. The summed E-state index contributed by atoms with van der Waals surface area (Å²) >= 11 is 0. The molecule has 0 saturated heterocycles. The Hall–Kier alpha value is -3.21. The maximum Gasteiger partial charge on any atom is 0.337 e. The first kappa shape index (κ1) is 14.4. The Kier molecular flexibility index (Phi) is 3.27. The maximum absolute atomic E-state index is 12.7. The molecule has 5 heteroatoms. The highest BCUT2D eigenvalue weighted by atomic mass is 16.4. The minimum atomic E-state index is -1.06. The van der Waals surface area contributed by atoms with Gasteiger partial charge in [0, 0.05) is 11.8 Å². The lowest BCUT2D eigenvalue weighted by molar-refractivity contribution is 0.0696. The third kappa shape index (κ3) is 2.31. The van der Waals surface area contributed by atoms with Crippen LogP contribution in [0.5, 0.6) is 0 Å². The van der Waals surface area contributed by atoms with Crippen LogP contribution in [0.1, 0.15) is 33.6 Å². The smallest absolute Gasteiger partial charge is 0.337 e. The van der Waals surface area contributed by atoms with E-state index >= 15 is 0 Å². The van der Waals surface area contributed by atoms with E-state index in [2.05, 4.69) is 11.1 Å². The number of hydrogen-bond acceptors (Lipinski definition) is 3. The predicted molar refractivity (Wildman–Crippen MR) is 91.1 cm³/mol.